The van der Waals surface area contributed by atoms with Crippen molar-refractivity contribution in [2.75, 3.05) is 0 Å². The number of fused-ring (bicyclic) bond motifs is 1. The van der Waals surface area contributed by atoms with E-state index in [4.69, 9.17) is 10.1 Å². The van der Waals surface area contributed by atoms with Gasteiger partial charge in [0.2, 0.25) is 0 Å². The van der Waals surface area contributed by atoms with Gasteiger partial charge in [0.1, 0.15) is 5.82 Å². The summed E-state index contributed by atoms with van der Waals surface area (Å²) in [5.74, 6) is -1.40. The number of aryl methyl sites for hydroxylation is 2. The lowest BCUT2D eigenvalue weighted by Gasteiger charge is -2.15. The van der Waals surface area contributed by atoms with Gasteiger partial charge in [0.25, 0.3) is 5.91 Å². The molecule has 184 valence electrons. The highest BCUT2D eigenvalue weighted by Gasteiger charge is 2.15. The van der Waals surface area contributed by atoms with Crippen LogP contribution in [0.4, 0.5) is 4.39 Å². The first-order valence-electron chi connectivity index (χ1n) is 11.9. The molecular formula is C29H28FN3O3. The first-order valence-corrected chi connectivity index (χ1v) is 11.9. The summed E-state index contributed by atoms with van der Waals surface area (Å²) in [6.07, 6.45) is 3.40. The molecule has 4 aromatic rings. The molecule has 2 aromatic carbocycles. The lowest BCUT2D eigenvalue weighted by Crippen LogP contribution is -2.26. The van der Waals surface area contributed by atoms with E-state index in [1.165, 1.54) is 18.3 Å². The summed E-state index contributed by atoms with van der Waals surface area (Å²) in [7, 11) is 0. The Balaban J connectivity index is 1.62. The van der Waals surface area contributed by atoms with Crippen LogP contribution in [0.5, 0.6) is 0 Å². The van der Waals surface area contributed by atoms with E-state index in [0.29, 0.717) is 41.6 Å². The third-order valence-corrected chi connectivity index (χ3v) is 6.14. The van der Waals surface area contributed by atoms with Gasteiger partial charge in [0.05, 0.1) is 17.3 Å². The van der Waals surface area contributed by atoms with E-state index in [1.807, 2.05) is 44.2 Å². The van der Waals surface area contributed by atoms with Gasteiger partial charge in [0, 0.05) is 23.6 Å². The van der Waals surface area contributed by atoms with E-state index >= 15 is 0 Å². The van der Waals surface area contributed by atoms with Crippen LogP contribution in [0.2, 0.25) is 0 Å². The molecule has 7 heteroatoms. The molecule has 1 amide bonds. The van der Waals surface area contributed by atoms with Crippen LogP contribution in [0, 0.1) is 12.7 Å². The summed E-state index contributed by atoms with van der Waals surface area (Å²) in [6.45, 7) is 3.95. The molecule has 2 N–H and O–H groups in total. The van der Waals surface area contributed by atoms with Crippen LogP contribution in [0.25, 0.3) is 22.3 Å². The van der Waals surface area contributed by atoms with Crippen molar-refractivity contribution in [3.8, 4) is 11.3 Å². The highest BCUT2D eigenvalue weighted by molar-refractivity contribution is 5.97. The first-order chi connectivity index (χ1) is 17.3. The third-order valence-electron chi connectivity index (χ3n) is 6.14. The number of rotatable bonds is 9. The number of carboxylic acid groups (broad SMARTS) is 1. The summed E-state index contributed by atoms with van der Waals surface area (Å²) >= 11 is 0. The second-order valence-corrected chi connectivity index (χ2v) is 8.98. The maximum Gasteiger partial charge on any atom is 0.303 e. The summed E-state index contributed by atoms with van der Waals surface area (Å²) in [4.78, 5) is 33.0. The van der Waals surface area contributed by atoms with Crippen molar-refractivity contribution < 1.29 is 19.1 Å². The summed E-state index contributed by atoms with van der Waals surface area (Å²) < 4.78 is 13.5. The Morgan fingerprint density at radius 1 is 1.03 bits per heavy atom. The number of nitrogens with one attached hydrogen (secondary N) is 1. The Morgan fingerprint density at radius 2 is 1.75 bits per heavy atom. The quantitative estimate of drug-likeness (QED) is 0.282. The number of unbranched alkanes of at least 4 members (excludes halogenated alkanes) is 1. The van der Waals surface area contributed by atoms with Gasteiger partial charge in [0.15, 0.2) is 5.65 Å². The summed E-state index contributed by atoms with van der Waals surface area (Å²) in [5, 5.41) is 12.7. The van der Waals surface area contributed by atoms with Gasteiger partial charge in [-0.05, 0) is 80.6 Å². The van der Waals surface area contributed by atoms with E-state index in [9.17, 15) is 14.0 Å². The van der Waals surface area contributed by atoms with Gasteiger partial charge in [-0.2, -0.15) is 0 Å². The topological polar surface area (TPSA) is 92.2 Å². The smallest absolute Gasteiger partial charge is 0.303 e. The Hall–Kier alpha value is -4.13. The highest BCUT2D eigenvalue weighted by Crippen LogP contribution is 2.27. The second kappa shape index (κ2) is 11.1. The Kier molecular flexibility index (Phi) is 7.68. The number of pyridine rings is 2. The molecule has 36 heavy (non-hydrogen) atoms. The fourth-order valence-corrected chi connectivity index (χ4v) is 4.09. The Labute approximate surface area is 209 Å². The van der Waals surface area contributed by atoms with Crippen LogP contribution in [0.1, 0.15) is 59.3 Å². The lowest BCUT2D eigenvalue weighted by atomic mass is 9.99. The van der Waals surface area contributed by atoms with E-state index < -0.39 is 5.97 Å². The number of halogens is 1. The fraction of sp³-hybridized carbons (Fsp3) is 0.241. The van der Waals surface area contributed by atoms with Crippen molar-refractivity contribution in [1.82, 2.24) is 15.3 Å². The minimum atomic E-state index is -0.829. The fourth-order valence-electron chi connectivity index (χ4n) is 4.09. The largest absolute Gasteiger partial charge is 0.481 e. The van der Waals surface area contributed by atoms with Gasteiger partial charge in [-0.3, -0.25) is 9.59 Å². The molecule has 0 bridgehead atoms. The molecular weight excluding hydrogens is 457 g/mol. The molecule has 0 saturated heterocycles. The van der Waals surface area contributed by atoms with E-state index in [2.05, 4.69) is 10.3 Å². The monoisotopic (exact) mass is 485 g/mol. The maximum atomic E-state index is 13.5. The summed E-state index contributed by atoms with van der Waals surface area (Å²) in [5.41, 5.74) is 5.39. The molecule has 0 fully saturated rings. The molecule has 4 rings (SSSR count). The Morgan fingerprint density at radius 3 is 2.44 bits per heavy atom. The normalized spacial score (nSPS) is 11.9. The van der Waals surface area contributed by atoms with Crippen molar-refractivity contribution in [3.05, 3.63) is 94.9 Å². The predicted octanol–water partition coefficient (Wildman–Crippen LogP) is 6.03. The number of amides is 1. The zero-order valence-corrected chi connectivity index (χ0v) is 20.3. The van der Waals surface area contributed by atoms with Crippen LogP contribution in [0.3, 0.4) is 0 Å². The molecule has 0 aliphatic heterocycles. The third kappa shape index (κ3) is 6.10. The molecule has 1 atom stereocenters. The van der Waals surface area contributed by atoms with Gasteiger partial charge < -0.3 is 10.4 Å². The summed E-state index contributed by atoms with van der Waals surface area (Å²) in [6, 6.07) is 17.6. The number of benzene rings is 2. The average molecular weight is 486 g/mol. The number of aliphatic carboxylic acids is 1. The number of nitrogens with zero attached hydrogens (tertiary/aromatic N) is 2. The number of hydrogen-bond acceptors (Lipinski definition) is 4. The Bertz CT molecular complexity index is 1390. The first kappa shape index (κ1) is 25.0. The molecule has 2 aromatic heterocycles. The SMILES string of the molecule is Cc1ccc([C@H](C)NC(=O)c2cnc3nc(-c4ccc(F)cc4)c(CCCCC(=O)O)cc3c2)cc1. The van der Waals surface area contributed by atoms with Gasteiger partial charge in [-0.25, -0.2) is 14.4 Å². The number of aromatic nitrogens is 2. The lowest BCUT2D eigenvalue weighted by molar-refractivity contribution is -0.137. The highest BCUT2D eigenvalue weighted by atomic mass is 19.1. The van der Waals surface area contributed by atoms with Gasteiger partial charge in [-0.1, -0.05) is 29.8 Å². The van der Waals surface area contributed by atoms with Crippen LogP contribution >= 0.6 is 0 Å². The predicted molar refractivity (Wildman–Crippen MR) is 137 cm³/mol. The zero-order chi connectivity index (χ0) is 25.7. The van der Waals surface area contributed by atoms with Crippen LogP contribution in [-0.2, 0) is 11.2 Å². The maximum absolute atomic E-state index is 13.5. The van der Waals surface area contributed by atoms with Crippen molar-refractivity contribution in [2.45, 2.75) is 45.6 Å². The van der Waals surface area contributed by atoms with E-state index in [-0.39, 0.29) is 24.2 Å². The number of carboxylic acids is 1. The number of hydrogen-bond donors (Lipinski definition) is 2. The molecule has 0 spiro atoms. The van der Waals surface area contributed by atoms with Crippen LogP contribution in [-0.4, -0.2) is 27.0 Å². The van der Waals surface area contributed by atoms with Gasteiger partial charge >= 0.3 is 5.97 Å². The number of carbonyl (C=O) groups excluding carboxylic acids is 1. The van der Waals surface area contributed by atoms with Crippen LogP contribution < -0.4 is 5.32 Å². The average Bonchev–Trinajstić information content (AvgIpc) is 2.86. The van der Waals surface area contributed by atoms with E-state index in [1.54, 1.807) is 18.2 Å². The second-order valence-electron chi connectivity index (χ2n) is 8.98. The standard InChI is InChI=1S/C29H28FN3O3/c1-18-7-9-20(10-8-18)19(2)32-29(36)24-16-23-15-22(5-3-4-6-26(34)35)27(33-28(23)31-17-24)21-11-13-25(30)14-12-21/h7-17,19H,3-6H2,1-2H3,(H,32,36)(H,34,35)/t19-/m0/s1. The van der Waals surface area contributed by atoms with Gasteiger partial charge in [-0.15, -0.1) is 0 Å². The van der Waals surface area contributed by atoms with Crippen molar-refractivity contribution >= 4 is 22.9 Å². The minimum absolute atomic E-state index is 0.0952. The molecule has 0 radical (unpaired) electrons. The molecule has 0 saturated carbocycles. The number of carbonyl (C=O) groups is 2. The van der Waals surface area contributed by atoms with Crippen LogP contribution in [0.15, 0.2) is 66.9 Å². The molecule has 6 nitrogen and oxygen atoms in total. The molecule has 0 aliphatic rings. The van der Waals surface area contributed by atoms with Crippen molar-refractivity contribution in [3.63, 3.8) is 0 Å². The minimum Gasteiger partial charge on any atom is -0.481 e. The zero-order valence-electron chi connectivity index (χ0n) is 20.3. The molecule has 2 heterocycles. The van der Waals surface area contributed by atoms with E-state index in [0.717, 1.165) is 22.3 Å². The molecule has 0 aliphatic carbocycles. The molecule has 0 unspecified atom stereocenters. The van der Waals surface area contributed by atoms with Crippen molar-refractivity contribution in [1.29, 1.82) is 0 Å². The van der Waals surface area contributed by atoms with Crippen molar-refractivity contribution in [2.24, 2.45) is 0 Å².